The molecular formula is C16H20N2S. The number of hydrogen-bond acceptors (Lipinski definition) is 3. The van der Waals surface area contributed by atoms with E-state index < -0.39 is 0 Å². The summed E-state index contributed by atoms with van der Waals surface area (Å²) < 4.78 is 0. The fraction of sp³-hybridized carbons (Fsp3) is 0.250. The maximum absolute atomic E-state index is 5.70. The normalized spacial score (nSPS) is 12.4. The summed E-state index contributed by atoms with van der Waals surface area (Å²) in [6.45, 7) is 4.22. The van der Waals surface area contributed by atoms with Crippen molar-refractivity contribution in [1.29, 1.82) is 0 Å². The molecule has 0 aliphatic carbocycles. The molecule has 0 radical (unpaired) electrons. The summed E-state index contributed by atoms with van der Waals surface area (Å²) in [5.41, 5.74) is 6.75. The van der Waals surface area contributed by atoms with Crippen LogP contribution in [0, 0.1) is 13.8 Å². The summed E-state index contributed by atoms with van der Waals surface area (Å²) in [4.78, 5) is 1.28. The van der Waals surface area contributed by atoms with Crippen molar-refractivity contribution in [3.63, 3.8) is 0 Å². The second kappa shape index (κ2) is 6.75. The molecule has 2 aromatic rings. The van der Waals surface area contributed by atoms with Gasteiger partial charge in [-0.25, -0.2) is 0 Å². The van der Waals surface area contributed by atoms with Crippen molar-refractivity contribution in [1.82, 2.24) is 5.43 Å². The van der Waals surface area contributed by atoms with E-state index in [0.717, 1.165) is 5.75 Å². The van der Waals surface area contributed by atoms with Gasteiger partial charge in [0.2, 0.25) is 0 Å². The van der Waals surface area contributed by atoms with Crippen LogP contribution in [0.1, 0.15) is 22.7 Å². The average molecular weight is 272 g/mol. The summed E-state index contributed by atoms with van der Waals surface area (Å²) in [6.07, 6.45) is 0. The molecule has 2 aromatic carbocycles. The molecule has 0 saturated heterocycles. The van der Waals surface area contributed by atoms with Crippen LogP contribution in [-0.4, -0.2) is 5.75 Å². The summed E-state index contributed by atoms with van der Waals surface area (Å²) in [5, 5.41) is 0. The third-order valence-corrected chi connectivity index (χ3v) is 4.31. The van der Waals surface area contributed by atoms with Crippen molar-refractivity contribution in [3.8, 4) is 0 Å². The molecule has 3 N–H and O–H groups in total. The Hall–Kier alpha value is -1.29. The number of benzene rings is 2. The third kappa shape index (κ3) is 3.83. The van der Waals surface area contributed by atoms with Crippen molar-refractivity contribution in [2.24, 2.45) is 5.84 Å². The van der Waals surface area contributed by atoms with Gasteiger partial charge in [0, 0.05) is 10.6 Å². The Balaban J connectivity index is 2.04. The van der Waals surface area contributed by atoms with Crippen LogP contribution in [0.4, 0.5) is 0 Å². The molecule has 1 unspecified atom stereocenters. The van der Waals surface area contributed by atoms with Crippen LogP contribution in [0.2, 0.25) is 0 Å². The summed E-state index contributed by atoms with van der Waals surface area (Å²) in [5.74, 6) is 6.62. The second-order valence-electron chi connectivity index (χ2n) is 4.70. The van der Waals surface area contributed by atoms with Crippen molar-refractivity contribution in [2.75, 3.05) is 5.75 Å². The summed E-state index contributed by atoms with van der Waals surface area (Å²) >= 11 is 1.82. The van der Waals surface area contributed by atoms with E-state index in [9.17, 15) is 0 Å². The average Bonchev–Trinajstić information content (AvgIpc) is 2.43. The Morgan fingerprint density at radius 2 is 1.74 bits per heavy atom. The number of rotatable bonds is 5. The Morgan fingerprint density at radius 3 is 2.37 bits per heavy atom. The van der Waals surface area contributed by atoms with Gasteiger partial charge in [0.15, 0.2) is 0 Å². The van der Waals surface area contributed by atoms with Crippen molar-refractivity contribution in [3.05, 3.63) is 65.2 Å². The standard InChI is InChI=1S/C16H20N2S/c1-12-7-9-14(10-8-12)19-11-16(18-17)15-6-4-3-5-13(15)2/h3-10,16,18H,11,17H2,1-2H3. The van der Waals surface area contributed by atoms with Gasteiger partial charge >= 0.3 is 0 Å². The van der Waals surface area contributed by atoms with Crippen molar-refractivity contribution in [2.45, 2.75) is 24.8 Å². The van der Waals surface area contributed by atoms with Crippen LogP contribution < -0.4 is 11.3 Å². The number of nitrogens with two attached hydrogens (primary N) is 1. The van der Waals surface area contributed by atoms with E-state index in [0.29, 0.717) is 0 Å². The van der Waals surface area contributed by atoms with Gasteiger partial charge < -0.3 is 0 Å². The first-order valence-electron chi connectivity index (χ1n) is 6.42. The van der Waals surface area contributed by atoms with Crippen LogP contribution in [-0.2, 0) is 0 Å². The molecule has 2 nitrogen and oxygen atoms in total. The Bertz CT molecular complexity index is 523. The Kier molecular flexibility index (Phi) is 5.02. The minimum absolute atomic E-state index is 0.174. The van der Waals surface area contributed by atoms with E-state index in [4.69, 9.17) is 5.84 Å². The highest BCUT2D eigenvalue weighted by molar-refractivity contribution is 7.99. The first-order valence-corrected chi connectivity index (χ1v) is 7.40. The highest BCUT2D eigenvalue weighted by Gasteiger charge is 2.12. The fourth-order valence-electron chi connectivity index (χ4n) is 2.02. The molecule has 0 aromatic heterocycles. The van der Waals surface area contributed by atoms with Crippen LogP contribution in [0.5, 0.6) is 0 Å². The van der Waals surface area contributed by atoms with E-state index in [1.807, 2.05) is 11.8 Å². The third-order valence-electron chi connectivity index (χ3n) is 3.20. The van der Waals surface area contributed by atoms with E-state index in [2.05, 4.69) is 67.8 Å². The van der Waals surface area contributed by atoms with Gasteiger partial charge in [-0.2, -0.15) is 0 Å². The van der Waals surface area contributed by atoms with E-state index in [1.54, 1.807) is 0 Å². The van der Waals surface area contributed by atoms with Gasteiger partial charge in [-0.1, -0.05) is 42.0 Å². The van der Waals surface area contributed by atoms with Gasteiger partial charge in [0.05, 0.1) is 6.04 Å². The lowest BCUT2D eigenvalue weighted by Gasteiger charge is -2.18. The largest absolute Gasteiger partial charge is 0.271 e. The zero-order valence-electron chi connectivity index (χ0n) is 11.4. The molecule has 0 heterocycles. The van der Waals surface area contributed by atoms with Gasteiger partial charge in [0.1, 0.15) is 0 Å². The maximum atomic E-state index is 5.70. The van der Waals surface area contributed by atoms with E-state index in [-0.39, 0.29) is 6.04 Å². The zero-order chi connectivity index (χ0) is 13.7. The number of thioether (sulfide) groups is 1. The first kappa shape index (κ1) is 14.1. The molecule has 0 aliphatic heterocycles. The smallest absolute Gasteiger partial charge is 0.0556 e. The number of hydrazine groups is 1. The molecule has 0 saturated carbocycles. The number of nitrogens with one attached hydrogen (secondary N) is 1. The summed E-state index contributed by atoms with van der Waals surface area (Å²) in [6, 6.07) is 17.1. The van der Waals surface area contributed by atoms with E-state index >= 15 is 0 Å². The monoisotopic (exact) mass is 272 g/mol. The molecule has 2 rings (SSSR count). The lowest BCUT2D eigenvalue weighted by Crippen LogP contribution is -2.30. The first-order chi connectivity index (χ1) is 9.20. The number of hydrogen-bond donors (Lipinski definition) is 2. The molecular weight excluding hydrogens is 252 g/mol. The Labute approximate surface area is 119 Å². The highest BCUT2D eigenvalue weighted by Crippen LogP contribution is 2.26. The lowest BCUT2D eigenvalue weighted by molar-refractivity contribution is 0.608. The predicted octanol–water partition coefficient (Wildman–Crippen LogP) is 3.60. The Morgan fingerprint density at radius 1 is 1.05 bits per heavy atom. The maximum Gasteiger partial charge on any atom is 0.0556 e. The fourth-order valence-corrected chi connectivity index (χ4v) is 2.98. The van der Waals surface area contributed by atoms with Crippen molar-refractivity contribution >= 4 is 11.8 Å². The van der Waals surface area contributed by atoms with Gasteiger partial charge in [-0.3, -0.25) is 11.3 Å². The molecule has 0 aliphatic rings. The van der Waals surface area contributed by atoms with Gasteiger partial charge in [0.25, 0.3) is 0 Å². The molecule has 0 fully saturated rings. The topological polar surface area (TPSA) is 38.0 Å². The SMILES string of the molecule is Cc1ccc(SCC(NN)c2ccccc2C)cc1. The van der Waals surface area contributed by atoms with Crippen molar-refractivity contribution < 1.29 is 0 Å². The van der Waals surface area contributed by atoms with Crippen LogP contribution in [0.15, 0.2) is 53.4 Å². The quantitative estimate of drug-likeness (QED) is 0.496. The minimum atomic E-state index is 0.174. The van der Waals surface area contributed by atoms with Gasteiger partial charge in [-0.15, -0.1) is 11.8 Å². The highest BCUT2D eigenvalue weighted by atomic mass is 32.2. The molecule has 0 spiro atoms. The molecule has 19 heavy (non-hydrogen) atoms. The summed E-state index contributed by atoms with van der Waals surface area (Å²) in [7, 11) is 0. The predicted molar refractivity (Wildman–Crippen MR) is 83.1 cm³/mol. The zero-order valence-corrected chi connectivity index (χ0v) is 12.2. The van der Waals surface area contributed by atoms with Crippen LogP contribution in [0.3, 0.4) is 0 Å². The molecule has 0 bridgehead atoms. The lowest BCUT2D eigenvalue weighted by atomic mass is 10.0. The molecule has 3 heteroatoms. The second-order valence-corrected chi connectivity index (χ2v) is 5.79. The van der Waals surface area contributed by atoms with Crippen LogP contribution in [0.25, 0.3) is 0 Å². The molecule has 0 amide bonds. The minimum Gasteiger partial charge on any atom is -0.271 e. The molecule has 1 atom stereocenters. The van der Waals surface area contributed by atoms with E-state index in [1.165, 1.54) is 21.6 Å². The van der Waals surface area contributed by atoms with Crippen LogP contribution >= 0.6 is 11.8 Å². The number of aryl methyl sites for hydroxylation is 2. The van der Waals surface area contributed by atoms with Gasteiger partial charge in [-0.05, 0) is 37.1 Å². The molecule has 100 valence electrons.